The topological polar surface area (TPSA) is 59.6 Å². The van der Waals surface area contributed by atoms with Crippen molar-refractivity contribution in [2.45, 2.75) is 32.6 Å². The fourth-order valence-corrected chi connectivity index (χ4v) is 2.55. The van der Waals surface area contributed by atoms with Crippen molar-refractivity contribution in [3.05, 3.63) is 48.5 Å². The average molecular weight is 356 g/mol. The quantitative estimate of drug-likeness (QED) is 0.573. The first-order valence-electron chi connectivity index (χ1n) is 9.12. The maximum absolute atomic E-state index is 12.2. The van der Waals surface area contributed by atoms with Crippen LogP contribution in [0, 0.1) is 0 Å². The summed E-state index contributed by atoms with van der Waals surface area (Å²) in [4.78, 5) is 12.2. The highest BCUT2D eigenvalue weighted by Gasteiger charge is 2.06. The van der Waals surface area contributed by atoms with Gasteiger partial charge in [-0.1, -0.05) is 44.4 Å². The number of unbranched alkanes of at least 4 members (excludes halogenated alkanes) is 3. The molecule has 0 aliphatic rings. The second-order valence-corrected chi connectivity index (χ2v) is 6.04. The van der Waals surface area contributed by atoms with Crippen LogP contribution in [0.25, 0.3) is 0 Å². The summed E-state index contributed by atoms with van der Waals surface area (Å²) in [7, 11) is 1.61. The van der Waals surface area contributed by atoms with Crippen LogP contribution in [-0.4, -0.2) is 26.2 Å². The van der Waals surface area contributed by atoms with E-state index in [4.69, 9.17) is 9.47 Å². The molecule has 5 nitrogen and oxygen atoms in total. The van der Waals surface area contributed by atoms with E-state index in [1.807, 2.05) is 48.5 Å². The molecule has 0 aliphatic carbocycles. The number of carbonyl (C=O) groups excluding carboxylic acids is 1. The van der Waals surface area contributed by atoms with E-state index in [1.165, 1.54) is 19.3 Å². The van der Waals surface area contributed by atoms with E-state index in [1.54, 1.807) is 7.11 Å². The highest BCUT2D eigenvalue weighted by Crippen LogP contribution is 2.23. The molecule has 26 heavy (non-hydrogen) atoms. The lowest BCUT2D eigenvalue weighted by Crippen LogP contribution is -2.21. The Bertz CT molecular complexity index is 688. The Kier molecular flexibility index (Phi) is 8.33. The van der Waals surface area contributed by atoms with Gasteiger partial charge in [0, 0.05) is 11.8 Å². The molecule has 0 saturated heterocycles. The van der Waals surface area contributed by atoms with Crippen molar-refractivity contribution in [2.75, 3.05) is 30.9 Å². The number of ether oxygens (including phenoxy) is 2. The highest BCUT2D eigenvalue weighted by molar-refractivity contribution is 5.94. The molecule has 0 unspecified atom stereocenters. The van der Waals surface area contributed by atoms with Gasteiger partial charge in [0.05, 0.1) is 25.9 Å². The zero-order valence-corrected chi connectivity index (χ0v) is 15.6. The predicted molar refractivity (Wildman–Crippen MR) is 106 cm³/mol. The first kappa shape index (κ1) is 19.6. The van der Waals surface area contributed by atoms with Gasteiger partial charge in [0.1, 0.15) is 11.5 Å². The molecule has 0 saturated carbocycles. The molecular weight excluding hydrogens is 328 g/mol. The number of anilines is 2. The summed E-state index contributed by atoms with van der Waals surface area (Å²) < 4.78 is 11.0. The van der Waals surface area contributed by atoms with Crippen LogP contribution in [0.1, 0.15) is 32.6 Å². The molecule has 0 atom stereocenters. The van der Waals surface area contributed by atoms with Gasteiger partial charge in [-0.05, 0) is 30.7 Å². The van der Waals surface area contributed by atoms with Gasteiger partial charge < -0.3 is 20.1 Å². The second kappa shape index (κ2) is 11.0. The normalized spacial score (nSPS) is 10.2. The molecule has 140 valence electrons. The Morgan fingerprint density at radius 3 is 2.69 bits per heavy atom. The number of benzene rings is 2. The van der Waals surface area contributed by atoms with Crippen LogP contribution >= 0.6 is 0 Å². The second-order valence-electron chi connectivity index (χ2n) is 6.04. The largest absolute Gasteiger partial charge is 0.495 e. The van der Waals surface area contributed by atoms with E-state index in [2.05, 4.69) is 17.6 Å². The summed E-state index contributed by atoms with van der Waals surface area (Å²) in [6.07, 6.45) is 4.68. The monoisotopic (exact) mass is 356 g/mol. The van der Waals surface area contributed by atoms with Gasteiger partial charge in [-0.2, -0.15) is 0 Å². The van der Waals surface area contributed by atoms with Crippen LogP contribution in [0.4, 0.5) is 11.4 Å². The van der Waals surface area contributed by atoms with Crippen molar-refractivity contribution < 1.29 is 14.3 Å². The third-order valence-electron chi connectivity index (χ3n) is 3.93. The summed E-state index contributed by atoms with van der Waals surface area (Å²) in [6.45, 7) is 3.05. The molecular formula is C21H28N2O3. The standard InChI is InChI=1S/C21H28N2O3/c1-3-4-5-8-14-26-18-11-9-10-17(15-18)23-21(24)16-22-19-12-6-7-13-20(19)25-2/h6-7,9-13,15,22H,3-5,8,14,16H2,1-2H3,(H,23,24). The van der Waals surface area contributed by atoms with E-state index in [0.717, 1.165) is 23.5 Å². The Hall–Kier alpha value is -2.69. The van der Waals surface area contributed by atoms with Crippen LogP contribution in [0.2, 0.25) is 0 Å². The van der Waals surface area contributed by atoms with Crippen LogP contribution in [-0.2, 0) is 4.79 Å². The highest BCUT2D eigenvalue weighted by atomic mass is 16.5. The lowest BCUT2D eigenvalue weighted by Gasteiger charge is -2.12. The summed E-state index contributed by atoms with van der Waals surface area (Å²) in [5, 5.41) is 5.96. The molecule has 0 bridgehead atoms. The van der Waals surface area contributed by atoms with Crippen LogP contribution in [0.3, 0.4) is 0 Å². The van der Waals surface area contributed by atoms with Crippen molar-refractivity contribution in [2.24, 2.45) is 0 Å². The molecule has 5 heteroatoms. The van der Waals surface area contributed by atoms with E-state index in [-0.39, 0.29) is 12.5 Å². The number of carbonyl (C=O) groups is 1. The Morgan fingerprint density at radius 2 is 1.88 bits per heavy atom. The zero-order chi connectivity index (χ0) is 18.6. The molecule has 1 amide bonds. The number of nitrogens with one attached hydrogen (secondary N) is 2. The molecule has 0 fully saturated rings. The summed E-state index contributed by atoms with van der Waals surface area (Å²) in [5.41, 5.74) is 1.51. The van der Waals surface area contributed by atoms with Crippen molar-refractivity contribution in [1.29, 1.82) is 0 Å². The van der Waals surface area contributed by atoms with Gasteiger partial charge in [-0.15, -0.1) is 0 Å². The van der Waals surface area contributed by atoms with Crippen LogP contribution < -0.4 is 20.1 Å². The lowest BCUT2D eigenvalue weighted by atomic mass is 10.2. The maximum atomic E-state index is 12.2. The number of methoxy groups -OCH3 is 1. The minimum atomic E-state index is -0.129. The molecule has 0 spiro atoms. The number of hydrogen-bond acceptors (Lipinski definition) is 4. The fourth-order valence-electron chi connectivity index (χ4n) is 2.55. The van der Waals surface area contributed by atoms with E-state index in [0.29, 0.717) is 12.4 Å². The lowest BCUT2D eigenvalue weighted by molar-refractivity contribution is -0.114. The molecule has 2 rings (SSSR count). The Balaban J connectivity index is 1.80. The summed E-state index contributed by atoms with van der Waals surface area (Å²) >= 11 is 0. The number of hydrogen-bond donors (Lipinski definition) is 2. The van der Waals surface area contributed by atoms with Gasteiger partial charge in [0.2, 0.25) is 5.91 Å². The minimum absolute atomic E-state index is 0.129. The predicted octanol–water partition coefficient (Wildman–Crippen LogP) is 4.70. The number of amides is 1. The third-order valence-corrected chi connectivity index (χ3v) is 3.93. The summed E-state index contributed by atoms with van der Waals surface area (Å²) in [6, 6.07) is 15.0. The number of para-hydroxylation sites is 2. The first-order chi connectivity index (χ1) is 12.7. The van der Waals surface area contributed by atoms with Crippen molar-refractivity contribution >= 4 is 17.3 Å². The van der Waals surface area contributed by atoms with E-state index < -0.39 is 0 Å². The van der Waals surface area contributed by atoms with Gasteiger partial charge in [0.15, 0.2) is 0 Å². The van der Waals surface area contributed by atoms with Gasteiger partial charge in [-0.25, -0.2) is 0 Å². The SMILES string of the molecule is CCCCCCOc1cccc(NC(=O)CNc2ccccc2OC)c1. The van der Waals surface area contributed by atoms with Gasteiger partial charge >= 0.3 is 0 Å². The molecule has 0 radical (unpaired) electrons. The van der Waals surface area contributed by atoms with Gasteiger partial charge in [0.25, 0.3) is 0 Å². The Morgan fingerprint density at radius 1 is 1.04 bits per heavy atom. The Labute approximate surface area is 155 Å². The third kappa shape index (κ3) is 6.67. The first-order valence-corrected chi connectivity index (χ1v) is 9.12. The van der Waals surface area contributed by atoms with Crippen molar-refractivity contribution in [3.8, 4) is 11.5 Å². The number of rotatable bonds is 11. The molecule has 2 aromatic rings. The maximum Gasteiger partial charge on any atom is 0.243 e. The minimum Gasteiger partial charge on any atom is -0.495 e. The van der Waals surface area contributed by atoms with Crippen molar-refractivity contribution in [1.82, 2.24) is 0 Å². The fraction of sp³-hybridized carbons (Fsp3) is 0.381. The molecule has 2 aromatic carbocycles. The smallest absolute Gasteiger partial charge is 0.243 e. The van der Waals surface area contributed by atoms with E-state index >= 15 is 0 Å². The van der Waals surface area contributed by atoms with Gasteiger partial charge in [-0.3, -0.25) is 4.79 Å². The molecule has 0 aromatic heterocycles. The average Bonchev–Trinajstić information content (AvgIpc) is 2.67. The van der Waals surface area contributed by atoms with Crippen LogP contribution in [0.5, 0.6) is 11.5 Å². The molecule has 0 aliphatic heterocycles. The van der Waals surface area contributed by atoms with Crippen molar-refractivity contribution in [3.63, 3.8) is 0 Å². The molecule has 0 heterocycles. The van der Waals surface area contributed by atoms with Crippen LogP contribution in [0.15, 0.2) is 48.5 Å². The van der Waals surface area contributed by atoms with E-state index in [9.17, 15) is 4.79 Å². The zero-order valence-electron chi connectivity index (χ0n) is 15.6. The summed E-state index contributed by atoms with van der Waals surface area (Å²) in [5.74, 6) is 1.35. The molecule has 2 N–H and O–H groups in total.